The summed E-state index contributed by atoms with van der Waals surface area (Å²) in [6.45, 7) is 10.8. The van der Waals surface area contributed by atoms with Gasteiger partial charge in [-0.3, -0.25) is 14.7 Å². The van der Waals surface area contributed by atoms with Crippen LogP contribution in [0.4, 0.5) is 5.69 Å². The van der Waals surface area contributed by atoms with E-state index in [4.69, 9.17) is 0 Å². The topological polar surface area (TPSA) is 51.7 Å². The lowest BCUT2D eigenvalue weighted by Gasteiger charge is -2.39. The van der Waals surface area contributed by atoms with Crippen molar-refractivity contribution in [1.82, 2.24) is 20.1 Å². The minimum atomic E-state index is 0.157. The summed E-state index contributed by atoms with van der Waals surface area (Å²) in [5.41, 5.74) is 3.49. The van der Waals surface area contributed by atoms with Gasteiger partial charge in [0.25, 0.3) is 0 Å². The van der Waals surface area contributed by atoms with Crippen LogP contribution in [0, 0.1) is 12.8 Å². The van der Waals surface area contributed by atoms with Gasteiger partial charge >= 0.3 is 0 Å². The Labute approximate surface area is 173 Å². The molecule has 3 heterocycles. The average molecular weight is 396 g/mol. The molecule has 2 saturated heterocycles. The van der Waals surface area contributed by atoms with Crippen molar-refractivity contribution in [1.29, 1.82) is 0 Å². The fraction of sp³-hybridized carbons (Fsp3) is 0.565. The average Bonchev–Trinajstić information content (AvgIpc) is 2.70. The third-order valence-electron chi connectivity index (χ3n) is 6.28. The van der Waals surface area contributed by atoms with Crippen LogP contribution in [-0.4, -0.2) is 79.6 Å². The van der Waals surface area contributed by atoms with Crippen molar-refractivity contribution in [3.63, 3.8) is 0 Å². The Balaban J connectivity index is 1.43. The van der Waals surface area contributed by atoms with Gasteiger partial charge in [-0.25, -0.2) is 0 Å². The number of pyridine rings is 1. The SMILES string of the molecule is Cc1ccc(N2CC(C)C[C@@H](NC(=O)CN3CCN(C)CC3)C2)c2cccnc12. The third-order valence-corrected chi connectivity index (χ3v) is 6.28. The summed E-state index contributed by atoms with van der Waals surface area (Å²) in [6, 6.07) is 8.72. The quantitative estimate of drug-likeness (QED) is 0.860. The molecule has 0 aliphatic carbocycles. The number of anilines is 1. The van der Waals surface area contributed by atoms with E-state index >= 15 is 0 Å². The van der Waals surface area contributed by atoms with Gasteiger partial charge in [-0.1, -0.05) is 13.0 Å². The molecule has 2 aromatic rings. The number of carbonyl (C=O) groups excluding carboxylic acids is 1. The Morgan fingerprint density at radius 2 is 1.97 bits per heavy atom. The Bertz CT molecular complexity index is 861. The second-order valence-corrected chi connectivity index (χ2v) is 8.89. The first-order chi connectivity index (χ1) is 14.0. The van der Waals surface area contributed by atoms with Gasteiger partial charge in [0.15, 0.2) is 0 Å². The minimum Gasteiger partial charge on any atom is -0.369 e. The van der Waals surface area contributed by atoms with E-state index in [1.807, 2.05) is 12.3 Å². The van der Waals surface area contributed by atoms with E-state index in [1.54, 1.807) is 0 Å². The summed E-state index contributed by atoms with van der Waals surface area (Å²) >= 11 is 0. The first-order valence-corrected chi connectivity index (χ1v) is 10.8. The van der Waals surface area contributed by atoms with Gasteiger partial charge in [0.05, 0.1) is 12.1 Å². The fourth-order valence-corrected chi connectivity index (χ4v) is 4.71. The monoisotopic (exact) mass is 395 g/mol. The predicted octanol–water partition coefficient (Wildman–Crippen LogP) is 2.12. The molecule has 1 aromatic carbocycles. The van der Waals surface area contributed by atoms with Gasteiger partial charge in [0.1, 0.15) is 0 Å². The molecular formula is C23H33N5O. The Morgan fingerprint density at radius 3 is 2.76 bits per heavy atom. The van der Waals surface area contributed by atoms with Crippen LogP contribution in [0.3, 0.4) is 0 Å². The van der Waals surface area contributed by atoms with E-state index in [0.29, 0.717) is 12.5 Å². The molecule has 1 aromatic heterocycles. The molecule has 2 fully saturated rings. The van der Waals surface area contributed by atoms with Crippen molar-refractivity contribution in [2.45, 2.75) is 26.3 Å². The Hall–Kier alpha value is -2.18. The molecule has 2 aliphatic rings. The first kappa shape index (κ1) is 20.1. The van der Waals surface area contributed by atoms with Crippen molar-refractivity contribution < 1.29 is 4.79 Å². The highest BCUT2D eigenvalue weighted by Gasteiger charge is 2.28. The van der Waals surface area contributed by atoms with Crippen LogP contribution >= 0.6 is 0 Å². The van der Waals surface area contributed by atoms with Gasteiger partial charge in [-0.05, 0) is 50.1 Å². The van der Waals surface area contributed by atoms with Crippen molar-refractivity contribution in [2.75, 3.05) is 57.8 Å². The maximum atomic E-state index is 12.7. The predicted molar refractivity (Wildman–Crippen MR) is 118 cm³/mol. The number of amides is 1. The summed E-state index contributed by atoms with van der Waals surface area (Å²) in [4.78, 5) is 24.3. The number of aromatic nitrogens is 1. The van der Waals surface area contributed by atoms with E-state index in [1.165, 1.54) is 16.6 Å². The third kappa shape index (κ3) is 4.70. The number of piperidine rings is 1. The van der Waals surface area contributed by atoms with Crippen molar-refractivity contribution in [3.8, 4) is 0 Å². The lowest BCUT2D eigenvalue weighted by molar-refractivity contribution is -0.123. The second kappa shape index (κ2) is 8.67. The highest BCUT2D eigenvalue weighted by molar-refractivity contribution is 5.93. The molecular weight excluding hydrogens is 362 g/mol. The number of carbonyl (C=O) groups is 1. The maximum Gasteiger partial charge on any atom is 0.234 e. The number of benzene rings is 1. The van der Waals surface area contributed by atoms with Crippen LogP contribution in [0.25, 0.3) is 10.9 Å². The number of hydrogen-bond acceptors (Lipinski definition) is 5. The zero-order valence-corrected chi connectivity index (χ0v) is 17.9. The van der Waals surface area contributed by atoms with Crippen molar-refractivity contribution >= 4 is 22.5 Å². The fourth-order valence-electron chi connectivity index (χ4n) is 4.71. The van der Waals surface area contributed by atoms with E-state index in [0.717, 1.165) is 51.2 Å². The highest BCUT2D eigenvalue weighted by Crippen LogP contribution is 2.31. The number of fused-ring (bicyclic) bond motifs is 1. The number of nitrogens with one attached hydrogen (secondary N) is 1. The second-order valence-electron chi connectivity index (χ2n) is 8.89. The normalized spacial score (nSPS) is 24.0. The minimum absolute atomic E-state index is 0.157. The molecule has 6 heteroatoms. The maximum absolute atomic E-state index is 12.7. The summed E-state index contributed by atoms with van der Waals surface area (Å²) in [5, 5.41) is 4.51. The van der Waals surface area contributed by atoms with Crippen LogP contribution in [0.1, 0.15) is 18.9 Å². The van der Waals surface area contributed by atoms with Crippen LogP contribution in [0.15, 0.2) is 30.5 Å². The molecule has 29 heavy (non-hydrogen) atoms. The van der Waals surface area contributed by atoms with Crippen LogP contribution in [-0.2, 0) is 4.79 Å². The van der Waals surface area contributed by atoms with Crippen LogP contribution in [0.5, 0.6) is 0 Å². The van der Waals surface area contributed by atoms with Crippen molar-refractivity contribution in [3.05, 3.63) is 36.0 Å². The number of rotatable bonds is 4. The standard InChI is InChI=1S/C23H33N5O/c1-17-13-19(25-22(29)16-27-11-9-26(3)10-12-27)15-28(14-17)21-7-6-18(2)23-20(21)5-4-8-24-23/h4-8,17,19H,9-16H2,1-3H3,(H,25,29)/t17?,19-/m1/s1. The van der Waals surface area contributed by atoms with Crippen molar-refractivity contribution in [2.24, 2.45) is 5.92 Å². The molecule has 0 spiro atoms. The van der Waals surface area contributed by atoms with Gasteiger partial charge in [0.2, 0.25) is 5.91 Å². The molecule has 0 radical (unpaired) electrons. The Kier molecular flexibility index (Phi) is 6.01. The number of hydrogen-bond donors (Lipinski definition) is 1. The van der Waals surface area contributed by atoms with E-state index in [-0.39, 0.29) is 11.9 Å². The highest BCUT2D eigenvalue weighted by atomic mass is 16.2. The molecule has 6 nitrogen and oxygen atoms in total. The number of likely N-dealkylation sites (N-methyl/N-ethyl adjacent to an activating group) is 1. The van der Waals surface area contributed by atoms with E-state index in [9.17, 15) is 4.79 Å². The number of piperazine rings is 1. The smallest absolute Gasteiger partial charge is 0.234 e. The number of nitrogens with zero attached hydrogens (tertiary/aromatic N) is 4. The molecule has 156 valence electrons. The molecule has 4 rings (SSSR count). The molecule has 1 N–H and O–H groups in total. The van der Waals surface area contributed by atoms with E-state index < -0.39 is 0 Å². The molecule has 2 aliphatic heterocycles. The van der Waals surface area contributed by atoms with Gasteiger partial charge < -0.3 is 15.1 Å². The first-order valence-electron chi connectivity index (χ1n) is 10.8. The largest absolute Gasteiger partial charge is 0.369 e. The summed E-state index contributed by atoms with van der Waals surface area (Å²) in [7, 11) is 2.14. The molecule has 2 atom stereocenters. The lowest BCUT2D eigenvalue weighted by atomic mass is 9.94. The molecule has 0 bridgehead atoms. The van der Waals surface area contributed by atoms with E-state index in [2.05, 4.69) is 64.1 Å². The zero-order chi connectivity index (χ0) is 20.4. The Morgan fingerprint density at radius 1 is 1.17 bits per heavy atom. The van der Waals surface area contributed by atoms with Gasteiger partial charge in [-0.15, -0.1) is 0 Å². The summed E-state index contributed by atoms with van der Waals surface area (Å²) < 4.78 is 0. The lowest BCUT2D eigenvalue weighted by Crippen LogP contribution is -2.53. The summed E-state index contributed by atoms with van der Waals surface area (Å²) in [5.74, 6) is 0.690. The summed E-state index contributed by atoms with van der Waals surface area (Å²) in [6.07, 6.45) is 2.90. The van der Waals surface area contributed by atoms with Crippen LogP contribution in [0.2, 0.25) is 0 Å². The molecule has 1 amide bonds. The molecule has 1 unspecified atom stereocenters. The number of aryl methyl sites for hydroxylation is 1. The zero-order valence-electron chi connectivity index (χ0n) is 17.9. The van der Waals surface area contributed by atoms with Crippen LogP contribution < -0.4 is 10.2 Å². The molecule has 0 saturated carbocycles. The van der Waals surface area contributed by atoms with Gasteiger partial charge in [0, 0.05) is 62.6 Å². The van der Waals surface area contributed by atoms with Gasteiger partial charge in [-0.2, -0.15) is 0 Å².